The highest BCUT2D eigenvalue weighted by atomic mass is 19.1. The molecule has 0 radical (unpaired) electrons. The molecular weight excluding hydrogens is 342 g/mol. The monoisotopic (exact) mass is 356 g/mol. The minimum absolute atomic E-state index is 0.105. The first-order valence-corrected chi connectivity index (χ1v) is 7.57. The molecule has 0 bridgehead atoms. The largest absolute Gasteiger partial charge is 0.493 e. The molecule has 0 saturated carbocycles. The van der Waals surface area contributed by atoms with Gasteiger partial charge in [-0.05, 0) is 12.1 Å². The number of nitriles is 1. The van der Waals surface area contributed by atoms with Crippen LogP contribution in [-0.2, 0) is 0 Å². The maximum absolute atomic E-state index is 14.8. The number of methoxy groups -OCH3 is 2. The summed E-state index contributed by atoms with van der Waals surface area (Å²) in [5, 5.41) is 9.17. The van der Waals surface area contributed by atoms with Crippen LogP contribution < -0.4 is 14.4 Å². The topological polar surface area (TPSA) is 71.3 Å². The van der Waals surface area contributed by atoms with Crippen LogP contribution in [0.5, 0.6) is 11.5 Å². The Hall–Kier alpha value is -3.47. The van der Waals surface area contributed by atoms with Crippen molar-refractivity contribution in [3.8, 4) is 17.6 Å². The van der Waals surface area contributed by atoms with Crippen molar-refractivity contribution in [1.82, 2.24) is 9.97 Å². The molecule has 0 N–H and O–H groups in total. The number of nitrogens with zero attached hydrogens (tertiary/aromatic N) is 4. The molecular formula is C18H14F2N4O2. The lowest BCUT2D eigenvalue weighted by Crippen LogP contribution is -2.20. The maximum Gasteiger partial charge on any atom is 0.210 e. The first kappa shape index (κ1) is 17.4. The van der Waals surface area contributed by atoms with Crippen molar-refractivity contribution in [2.45, 2.75) is 0 Å². The third kappa shape index (κ3) is 2.95. The van der Waals surface area contributed by atoms with Crippen LogP contribution >= 0.6 is 0 Å². The molecule has 0 spiro atoms. The Labute approximate surface area is 148 Å². The molecule has 3 aromatic rings. The number of halogens is 2. The number of fused-ring (bicyclic) bond motifs is 1. The zero-order valence-corrected chi connectivity index (χ0v) is 14.0. The van der Waals surface area contributed by atoms with Gasteiger partial charge >= 0.3 is 0 Å². The molecule has 0 aliphatic carbocycles. The SMILES string of the molecule is COc1cc(N(CC#N)c2cnc3ccccc3n2)c(F)c(OC)c1F. The first-order chi connectivity index (χ1) is 12.6. The van der Waals surface area contributed by atoms with Gasteiger partial charge in [-0.2, -0.15) is 9.65 Å². The highest BCUT2D eigenvalue weighted by molar-refractivity contribution is 5.77. The number of rotatable bonds is 5. The summed E-state index contributed by atoms with van der Waals surface area (Å²) in [5.74, 6) is -2.50. The molecule has 26 heavy (non-hydrogen) atoms. The van der Waals surface area contributed by atoms with Crippen molar-refractivity contribution in [3.63, 3.8) is 0 Å². The minimum Gasteiger partial charge on any atom is -0.493 e. The number of hydrogen-bond donors (Lipinski definition) is 0. The number of aromatic nitrogens is 2. The van der Waals surface area contributed by atoms with Crippen molar-refractivity contribution in [2.75, 3.05) is 25.7 Å². The van der Waals surface area contributed by atoms with Crippen LogP contribution in [0.3, 0.4) is 0 Å². The van der Waals surface area contributed by atoms with Crippen molar-refractivity contribution in [1.29, 1.82) is 5.26 Å². The van der Waals surface area contributed by atoms with E-state index in [9.17, 15) is 14.0 Å². The Morgan fingerprint density at radius 2 is 1.85 bits per heavy atom. The molecule has 0 aliphatic heterocycles. The summed E-state index contributed by atoms with van der Waals surface area (Å²) in [6.45, 7) is -0.234. The van der Waals surface area contributed by atoms with E-state index in [1.807, 2.05) is 12.1 Å². The Kier molecular flexibility index (Phi) is 4.80. The van der Waals surface area contributed by atoms with Gasteiger partial charge in [0, 0.05) is 6.07 Å². The molecule has 8 heteroatoms. The van der Waals surface area contributed by atoms with Gasteiger partial charge in [0.2, 0.25) is 5.82 Å². The molecule has 0 amide bonds. The maximum atomic E-state index is 14.8. The van der Waals surface area contributed by atoms with Crippen molar-refractivity contribution < 1.29 is 18.3 Å². The molecule has 0 fully saturated rings. The third-order valence-electron chi connectivity index (χ3n) is 3.76. The van der Waals surface area contributed by atoms with Crippen LogP contribution in [0.25, 0.3) is 11.0 Å². The fraction of sp³-hybridized carbons (Fsp3) is 0.167. The van der Waals surface area contributed by atoms with E-state index in [4.69, 9.17) is 9.47 Å². The Morgan fingerprint density at radius 1 is 1.12 bits per heavy atom. The zero-order chi connectivity index (χ0) is 18.7. The summed E-state index contributed by atoms with van der Waals surface area (Å²) < 4.78 is 38.7. The molecule has 0 saturated heterocycles. The summed E-state index contributed by atoms with van der Waals surface area (Å²) in [5.41, 5.74) is 1.13. The van der Waals surface area contributed by atoms with Gasteiger partial charge in [-0.25, -0.2) is 9.37 Å². The average molecular weight is 356 g/mol. The molecule has 3 rings (SSSR count). The van der Waals surface area contributed by atoms with E-state index in [2.05, 4.69) is 9.97 Å². The number of ether oxygens (including phenoxy) is 2. The Bertz CT molecular complexity index is 1000. The third-order valence-corrected chi connectivity index (χ3v) is 3.76. The van der Waals surface area contributed by atoms with Crippen molar-refractivity contribution in [3.05, 3.63) is 48.2 Å². The van der Waals surface area contributed by atoms with Gasteiger partial charge in [0.05, 0.1) is 43.2 Å². The summed E-state index contributed by atoms with van der Waals surface area (Å²) in [6, 6.07) is 10.2. The lowest BCUT2D eigenvalue weighted by molar-refractivity contribution is 0.334. The predicted octanol–water partition coefficient (Wildman–Crippen LogP) is 3.59. The summed E-state index contributed by atoms with van der Waals surface area (Å²) in [6.07, 6.45) is 1.42. The van der Waals surface area contributed by atoms with Crippen LogP contribution in [0.15, 0.2) is 36.5 Å². The van der Waals surface area contributed by atoms with E-state index in [0.717, 1.165) is 13.2 Å². The van der Waals surface area contributed by atoms with Crippen LogP contribution in [0, 0.1) is 23.0 Å². The van der Waals surface area contributed by atoms with Gasteiger partial charge in [0.1, 0.15) is 6.54 Å². The fourth-order valence-electron chi connectivity index (χ4n) is 2.54. The lowest BCUT2D eigenvalue weighted by Gasteiger charge is -2.23. The van der Waals surface area contributed by atoms with E-state index in [-0.39, 0.29) is 23.8 Å². The number of anilines is 2. The molecule has 0 atom stereocenters. The number of benzene rings is 2. The van der Waals surface area contributed by atoms with Gasteiger partial charge in [0.25, 0.3) is 0 Å². The van der Waals surface area contributed by atoms with Crippen molar-refractivity contribution >= 4 is 22.5 Å². The van der Waals surface area contributed by atoms with E-state index in [0.29, 0.717) is 11.0 Å². The first-order valence-electron chi connectivity index (χ1n) is 7.57. The Morgan fingerprint density at radius 3 is 2.50 bits per heavy atom. The lowest BCUT2D eigenvalue weighted by atomic mass is 10.2. The predicted molar refractivity (Wildman–Crippen MR) is 91.6 cm³/mol. The van der Waals surface area contributed by atoms with E-state index in [1.165, 1.54) is 18.2 Å². The van der Waals surface area contributed by atoms with Crippen LogP contribution in [0.2, 0.25) is 0 Å². The number of hydrogen-bond acceptors (Lipinski definition) is 6. The van der Waals surface area contributed by atoms with E-state index in [1.54, 1.807) is 18.2 Å². The number of para-hydroxylation sites is 2. The van der Waals surface area contributed by atoms with Crippen molar-refractivity contribution in [2.24, 2.45) is 0 Å². The zero-order valence-electron chi connectivity index (χ0n) is 14.0. The Balaban J connectivity index is 2.20. The highest BCUT2D eigenvalue weighted by Crippen LogP contribution is 2.39. The molecule has 6 nitrogen and oxygen atoms in total. The molecule has 0 aliphatic rings. The highest BCUT2D eigenvalue weighted by Gasteiger charge is 2.25. The molecule has 0 unspecified atom stereocenters. The standard InChI is InChI=1S/C18H14F2N4O2/c1-25-14-9-13(16(19)18(26-2)17(14)20)24(8-7-21)15-10-22-11-5-3-4-6-12(11)23-15/h3-6,9-10H,8H2,1-2H3. The molecule has 1 heterocycles. The van der Waals surface area contributed by atoms with Crippen LogP contribution in [0.4, 0.5) is 20.3 Å². The average Bonchev–Trinajstić information content (AvgIpc) is 2.67. The van der Waals surface area contributed by atoms with E-state index >= 15 is 0 Å². The molecule has 1 aromatic heterocycles. The van der Waals surface area contributed by atoms with Gasteiger partial charge in [-0.15, -0.1) is 0 Å². The quantitative estimate of drug-likeness (QED) is 0.651. The normalized spacial score (nSPS) is 10.4. The summed E-state index contributed by atoms with van der Waals surface area (Å²) in [4.78, 5) is 9.96. The molecule has 132 valence electrons. The minimum atomic E-state index is -0.962. The van der Waals surface area contributed by atoms with Crippen LogP contribution in [-0.4, -0.2) is 30.7 Å². The van der Waals surface area contributed by atoms with E-state index < -0.39 is 17.4 Å². The van der Waals surface area contributed by atoms with Gasteiger partial charge in [-0.1, -0.05) is 12.1 Å². The van der Waals surface area contributed by atoms with Gasteiger partial charge in [-0.3, -0.25) is 4.98 Å². The smallest absolute Gasteiger partial charge is 0.210 e. The van der Waals surface area contributed by atoms with Crippen LogP contribution in [0.1, 0.15) is 0 Å². The second-order valence-electron chi connectivity index (χ2n) is 5.22. The molecule has 2 aromatic carbocycles. The summed E-state index contributed by atoms with van der Waals surface area (Å²) >= 11 is 0. The fourth-order valence-corrected chi connectivity index (χ4v) is 2.54. The second-order valence-corrected chi connectivity index (χ2v) is 5.22. The summed E-state index contributed by atoms with van der Waals surface area (Å²) in [7, 11) is 2.40. The van der Waals surface area contributed by atoms with Gasteiger partial charge < -0.3 is 14.4 Å². The second kappa shape index (κ2) is 7.19. The van der Waals surface area contributed by atoms with Gasteiger partial charge in [0.15, 0.2) is 23.1 Å².